The standard InChI is InChI=1S/C20H22N2O4/c23-19(24)16-7-5-11-22(14-16)20(25)21-13-15-6-4-10-18(12-15)26-17-8-2-1-3-9-17/h1-4,6,8-10,12,16H,5,7,11,13-14H2,(H,21,25)(H,23,24). The molecular formula is C20H22N2O4. The number of carbonyl (C=O) groups is 2. The van der Waals surface area contributed by atoms with E-state index in [1.165, 1.54) is 0 Å². The number of likely N-dealkylation sites (tertiary alicyclic amines) is 1. The van der Waals surface area contributed by atoms with Crippen molar-refractivity contribution in [3.05, 3.63) is 60.2 Å². The summed E-state index contributed by atoms with van der Waals surface area (Å²) in [5.74, 6) is 0.138. The smallest absolute Gasteiger partial charge is 0.317 e. The van der Waals surface area contributed by atoms with Crippen molar-refractivity contribution in [1.82, 2.24) is 10.2 Å². The number of urea groups is 1. The maximum Gasteiger partial charge on any atom is 0.317 e. The van der Waals surface area contributed by atoms with E-state index in [-0.39, 0.29) is 12.6 Å². The molecule has 2 N–H and O–H groups in total. The van der Waals surface area contributed by atoms with Crippen molar-refractivity contribution in [2.75, 3.05) is 13.1 Å². The minimum Gasteiger partial charge on any atom is -0.481 e. The molecule has 1 aliphatic heterocycles. The van der Waals surface area contributed by atoms with Crippen LogP contribution in [0.15, 0.2) is 54.6 Å². The number of carboxylic acid groups (broad SMARTS) is 1. The molecule has 1 heterocycles. The van der Waals surface area contributed by atoms with E-state index < -0.39 is 11.9 Å². The van der Waals surface area contributed by atoms with Crippen molar-refractivity contribution in [2.45, 2.75) is 19.4 Å². The number of para-hydroxylation sites is 1. The van der Waals surface area contributed by atoms with E-state index in [9.17, 15) is 9.59 Å². The van der Waals surface area contributed by atoms with E-state index in [4.69, 9.17) is 9.84 Å². The first-order chi connectivity index (χ1) is 12.6. The first-order valence-corrected chi connectivity index (χ1v) is 8.69. The van der Waals surface area contributed by atoms with Crippen molar-refractivity contribution in [3.63, 3.8) is 0 Å². The molecule has 26 heavy (non-hydrogen) atoms. The molecule has 0 bridgehead atoms. The quantitative estimate of drug-likeness (QED) is 0.861. The lowest BCUT2D eigenvalue weighted by Crippen LogP contribution is -2.46. The number of hydrogen-bond donors (Lipinski definition) is 2. The number of carbonyl (C=O) groups excluding carboxylic acids is 1. The predicted molar refractivity (Wildman–Crippen MR) is 97.1 cm³/mol. The van der Waals surface area contributed by atoms with Gasteiger partial charge in [0, 0.05) is 19.6 Å². The number of aliphatic carboxylic acids is 1. The second-order valence-corrected chi connectivity index (χ2v) is 6.34. The Balaban J connectivity index is 1.55. The number of carboxylic acids is 1. The van der Waals surface area contributed by atoms with Crippen LogP contribution in [0.5, 0.6) is 11.5 Å². The molecular weight excluding hydrogens is 332 g/mol. The summed E-state index contributed by atoms with van der Waals surface area (Å²) in [5.41, 5.74) is 0.915. The van der Waals surface area contributed by atoms with Crippen LogP contribution >= 0.6 is 0 Å². The number of ether oxygens (including phenoxy) is 1. The van der Waals surface area contributed by atoms with Crippen molar-refractivity contribution >= 4 is 12.0 Å². The zero-order valence-electron chi connectivity index (χ0n) is 14.4. The molecule has 0 saturated carbocycles. The van der Waals surface area contributed by atoms with E-state index >= 15 is 0 Å². The van der Waals surface area contributed by atoms with Gasteiger partial charge >= 0.3 is 12.0 Å². The van der Waals surface area contributed by atoms with Crippen LogP contribution in [0.1, 0.15) is 18.4 Å². The van der Waals surface area contributed by atoms with Gasteiger partial charge in [0.05, 0.1) is 5.92 Å². The highest BCUT2D eigenvalue weighted by Crippen LogP contribution is 2.22. The van der Waals surface area contributed by atoms with Gasteiger partial charge in [0.25, 0.3) is 0 Å². The summed E-state index contributed by atoms with van der Waals surface area (Å²) in [5, 5.41) is 12.0. The lowest BCUT2D eigenvalue weighted by Gasteiger charge is -2.30. The van der Waals surface area contributed by atoms with Crippen LogP contribution in [0.4, 0.5) is 4.79 Å². The Morgan fingerprint density at radius 2 is 1.88 bits per heavy atom. The fourth-order valence-corrected chi connectivity index (χ4v) is 3.00. The van der Waals surface area contributed by atoms with Gasteiger partial charge in [0.15, 0.2) is 0 Å². The molecule has 6 heteroatoms. The van der Waals surface area contributed by atoms with Gasteiger partial charge in [-0.25, -0.2) is 4.79 Å². The molecule has 1 unspecified atom stereocenters. The SMILES string of the molecule is O=C(O)C1CCCN(C(=O)NCc2cccc(Oc3ccccc3)c2)C1. The topological polar surface area (TPSA) is 78.9 Å². The summed E-state index contributed by atoms with van der Waals surface area (Å²) in [6, 6.07) is 16.8. The van der Waals surface area contributed by atoms with Crippen LogP contribution < -0.4 is 10.1 Å². The fourth-order valence-electron chi connectivity index (χ4n) is 3.00. The normalized spacial score (nSPS) is 16.8. The van der Waals surface area contributed by atoms with Crippen molar-refractivity contribution in [1.29, 1.82) is 0 Å². The molecule has 136 valence electrons. The summed E-state index contributed by atoms with van der Waals surface area (Å²) >= 11 is 0. The van der Waals surface area contributed by atoms with E-state index in [2.05, 4.69) is 5.32 Å². The number of benzene rings is 2. The average molecular weight is 354 g/mol. The maximum absolute atomic E-state index is 12.3. The van der Waals surface area contributed by atoms with Gasteiger partial charge in [-0.1, -0.05) is 30.3 Å². The number of amides is 2. The second kappa shape index (κ2) is 8.38. The lowest BCUT2D eigenvalue weighted by atomic mass is 9.99. The van der Waals surface area contributed by atoms with Gasteiger partial charge in [-0.05, 0) is 42.7 Å². The predicted octanol–water partition coefficient (Wildman–Crippen LogP) is 3.49. The Bertz CT molecular complexity index is 763. The van der Waals surface area contributed by atoms with Crippen molar-refractivity contribution in [3.8, 4) is 11.5 Å². The Hall–Kier alpha value is -3.02. The summed E-state index contributed by atoms with van der Waals surface area (Å²) in [6.07, 6.45) is 1.34. The van der Waals surface area contributed by atoms with Crippen LogP contribution in [0.25, 0.3) is 0 Å². The fraction of sp³-hybridized carbons (Fsp3) is 0.300. The van der Waals surface area contributed by atoms with Crippen LogP contribution in [0.3, 0.4) is 0 Å². The van der Waals surface area contributed by atoms with Gasteiger partial charge in [0.2, 0.25) is 0 Å². The molecule has 6 nitrogen and oxygen atoms in total. The summed E-state index contributed by atoms with van der Waals surface area (Å²) in [6.45, 7) is 1.21. The van der Waals surface area contributed by atoms with Gasteiger partial charge in [-0.15, -0.1) is 0 Å². The van der Waals surface area contributed by atoms with Crippen LogP contribution in [0.2, 0.25) is 0 Å². The second-order valence-electron chi connectivity index (χ2n) is 6.34. The summed E-state index contributed by atoms with van der Waals surface area (Å²) in [4.78, 5) is 25.0. The van der Waals surface area contributed by atoms with Gasteiger partial charge in [0.1, 0.15) is 11.5 Å². The number of nitrogens with zero attached hydrogens (tertiary/aromatic N) is 1. The molecule has 2 aromatic rings. The average Bonchev–Trinajstić information content (AvgIpc) is 2.67. The molecule has 0 spiro atoms. The zero-order valence-corrected chi connectivity index (χ0v) is 14.4. The molecule has 1 fully saturated rings. The molecule has 0 radical (unpaired) electrons. The third-order valence-corrected chi connectivity index (χ3v) is 4.38. The number of nitrogens with one attached hydrogen (secondary N) is 1. The Morgan fingerprint density at radius 3 is 2.65 bits per heavy atom. The number of hydrogen-bond acceptors (Lipinski definition) is 3. The minimum absolute atomic E-state index is 0.231. The van der Waals surface area contributed by atoms with Crippen LogP contribution in [0, 0.1) is 5.92 Å². The lowest BCUT2D eigenvalue weighted by molar-refractivity contribution is -0.143. The molecule has 1 saturated heterocycles. The highest BCUT2D eigenvalue weighted by molar-refractivity contribution is 5.76. The Kier molecular flexibility index (Phi) is 5.73. The molecule has 2 amide bonds. The molecule has 0 aromatic heterocycles. The number of piperidine rings is 1. The first kappa shape index (κ1) is 17.8. The van der Waals surface area contributed by atoms with Gasteiger partial charge in [-0.3, -0.25) is 4.79 Å². The molecule has 3 rings (SSSR count). The Labute approximate surface area is 152 Å². The highest BCUT2D eigenvalue weighted by atomic mass is 16.5. The minimum atomic E-state index is -0.840. The third-order valence-electron chi connectivity index (χ3n) is 4.38. The summed E-state index contributed by atoms with van der Waals surface area (Å²) < 4.78 is 5.79. The van der Waals surface area contributed by atoms with Crippen LogP contribution in [-0.2, 0) is 11.3 Å². The van der Waals surface area contributed by atoms with Crippen molar-refractivity contribution in [2.24, 2.45) is 5.92 Å². The monoisotopic (exact) mass is 354 g/mol. The van der Waals surface area contributed by atoms with Gasteiger partial charge < -0.3 is 20.1 Å². The molecule has 1 aliphatic rings. The highest BCUT2D eigenvalue weighted by Gasteiger charge is 2.27. The van der Waals surface area contributed by atoms with E-state index in [1.54, 1.807) is 4.90 Å². The van der Waals surface area contributed by atoms with Crippen LogP contribution in [-0.4, -0.2) is 35.1 Å². The van der Waals surface area contributed by atoms with Gasteiger partial charge in [-0.2, -0.15) is 0 Å². The maximum atomic E-state index is 12.3. The van der Waals surface area contributed by atoms with Crippen molar-refractivity contribution < 1.29 is 19.4 Å². The third kappa shape index (κ3) is 4.75. The largest absolute Gasteiger partial charge is 0.481 e. The van der Waals surface area contributed by atoms with E-state index in [0.29, 0.717) is 31.7 Å². The van der Waals surface area contributed by atoms with E-state index in [0.717, 1.165) is 11.3 Å². The first-order valence-electron chi connectivity index (χ1n) is 8.69. The summed E-state index contributed by atoms with van der Waals surface area (Å²) in [7, 11) is 0. The molecule has 1 atom stereocenters. The number of rotatable bonds is 5. The zero-order chi connectivity index (χ0) is 18.4. The Morgan fingerprint density at radius 1 is 1.12 bits per heavy atom. The molecule has 0 aliphatic carbocycles. The molecule has 2 aromatic carbocycles. The van der Waals surface area contributed by atoms with E-state index in [1.807, 2.05) is 54.6 Å².